The largest absolute Gasteiger partial charge is 0.473 e. The molecule has 2 aliphatic rings. The smallest absolute Gasteiger partial charge is 0.240 e. The van der Waals surface area contributed by atoms with Gasteiger partial charge >= 0.3 is 0 Å². The SMILES string of the molecule is Cl.Cn1cc(-c2cn3nccc3c(O[C@@H]3CC[C@]4(CCNC4)C3)n2)cn1. The van der Waals surface area contributed by atoms with Gasteiger partial charge in [-0.15, -0.1) is 12.4 Å². The lowest BCUT2D eigenvalue weighted by Crippen LogP contribution is -2.23. The van der Waals surface area contributed by atoms with E-state index in [-0.39, 0.29) is 18.5 Å². The van der Waals surface area contributed by atoms with Gasteiger partial charge in [0.15, 0.2) is 0 Å². The van der Waals surface area contributed by atoms with E-state index < -0.39 is 0 Å². The molecule has 7 nitrogen and oxygen atoms in total. The third-order valence-electron chi connectivity index (χ3n) is 5.62. The molecule has 3 aromatic rings. The monoisotopic (exact) mass is 374 g/mol. The van der Waals surface area contributed by atoms with E-state index in [2.05, 4.69) is 15.5 Å². The molecule has 5 rings (SSSR count). The number of aryl methyl sites for hydroxylation is 1. The quantitative estimate of drug-likeness (QED) is 0.762. The standard InChI is InChI=1S/C18H22N6O.ClH/c1-23-10-13(9-21-23)15-11-24-16(3-6-20-24)17(22-15)25-14-2-4-18(8-14)5-7-19-12-18;/h3,6,9-11,14,19H,2,4-5,7-8,12H2,1H3;1H/t14-,18+;/m1./s1. The van der Waals surface area contributed by atoms with Crippen LogP contribution in [-0.2, 0) is 7.05 Å². The molecular weight excluding hydrogens is 352 g/mol. The number of hydrogen-bond donors (Lipinski definition) is 1. The van der Waals surface area contributed by atoms with Gasteiger partial charge in [-0.2, -0.15) is 10.2 Å². The lowest BCUT2D eigenvalue weighted by atomic mass is 9.85. The van der Waals surface area contributed by atoms with Gasteiger partial charge in [0.2, 0.25) is 5.88 Å². The highest BCUT2D eigenvalue weighted by Gasteiger charge is 2.42. The van der Waals surface area contributed by atoms with Crippen molar-refractivity contribution in [3.8, 4) is 17.1 Å². The first kappa shape index (κ1) is 17.3. The third kappa shape index (κ3) is 2.95. The number of fused-ring (bicyclic) bond motifs is 1. The van der Waals surface area contributed by atoms with Gasteiger partial charge in [0.05, 0.1) is 24.3 Å². The fourth-order valence-corrected chi connectivity index (χ4v) is 4.27. The Balaban J connectivity index is 0.00000168. The molecule has 1 aliphatic heterocycles. The summed E-state index contributed by atoms with van der Waals surface area (Å²) in [7, 11) is 1.90. The van der Waals surface area contributed by atoms with Gasteiger partial charge in [-0.3, -0.25) is 4.68 Å². The van der Waals surface area contributed by atoms with Crippen LogP contribution in [0.4, 0.5) is 0 Å². The summed E-state index contributed by atoms with van der Waals surface area (Å²) in [4.78, 5) is 4.78. The van der Waals surface area contributed by atoms with Crippen LogP contribution in [0.3, 0.4) is 0 Å². The van der Waals surface area contributed by atoms with Crippen LogP contribution in [0.15, 0.2) is 30.9 Å². The van der Waals surface area contributed by atoms with E-state index in [1.807, 2.05) is 36.2 Å². The summed E-state index contributed by atoms with van der Waals surface area (Å²) >= 11 is 0. The number of halogens is 1. The van der Waals surface area contributed by atoms with Crippen LogP contribution >= 0.6 is 12.4 Å². The molecule has 138 valence electrons. The van der Waals surface area contributed by atoms with Crippen LogP contribution in [-0.4, -0.2) is 43.6 Å². The number of nitrogens with zero attached hydrogens (tertiary/aromatic N) is 5. The summed E-state index contributed by atoms with van der Waals surface area (Å²) in [6, 6.07) is 1.96. The lowest BCUT2D eigenvalue weighted by Gasteiger charge is -2.21. The maximum absolute atomic E-state index is 6.38. The van der Waals surface area contributed by atoms with Crippen molar-refractivity contribution in [3.05, 3.63) is 30.9 Å². The molecule has 0 bridgehead atoms. The van der Waals surface area contributed by atoms with Gasteiger partial charge in [0, 0.05) is 25.4 Å². The van der Waals surface area contributed by atoms with Crippen molar-refractivity contribution in [3.63, 3.8) is 0 Å². The molecule has 1 saturated heterocycles. The highest BCUT2D eigenvalue weighted by Crippen LogP contribution is 2.44. The van der Waals surface area contributed by atoms with Gasteiger partial charge in [-0.1, -0.05) is 0 Å². The van der Waals surface area contributed by atoms with Crippen molar-refractivity contribution in [2.45, 2.75) is 31.8 Å². The molecule has 1 aliphatic carbocycles. The summed E-state index contributed by atoms with van der Waals surface area (Å²) in [6.07, 6.45) is 12.4. The van der Waals surface area contributed by atoms with E-state index >= 15 is 0 Å². The zero-order valence-corrected chi connectivity index (χ0v) is 15.6. The van der Waals surface area contributed by atoms with E-state index in [0.717, 1.165) is 42.7 Å². The lowest BCUT2D eigenvalue weighted by molar-refractivity contribution is 0.183. The number of ether oxygens (including phenoxy) is 1. The second-order valence-corrected chi connectivity index (χ2v) is 7.40. The van der Waals surface area contributed by atoms with E-state index in [1.54, 1.807) is 10.9 Å². The average molecular weight is 375 g/mol. The molecule has 0 unspecified atom stereocenters. The molecule has 2 atom stereocenters. The van der Waals surface area contributed by atoms with Crippen LogP contribution in [0.2, 0.25) is 0 Å². The van der Waals surface area contributed by atoms with Crippen LogP contribution in [0, 0.1) is 5.41 Å². The van der Waals surface area contributed by atoms with Gasteiger partial charge in [-0.05, 0) is 43.7 Å². The minimum atomic E-state index is 0. The topological polar surface area (TPSA) is 69.3 Å². The molecule has 1 spiro atoms. The summed E-state index contributed by atoms with van der Waals surface area (Å²) < 4.78 is 9.99. The number of aromatic nitrogens is 5. The minimum Gasteiger partial charge on any atom is -0.473 e. The number of rotatable bonds is 3. The predicted octanol–water partition coefficient (Wildman–Crippen LogP) is 2.46. The first-order chi connectivity index (χ1) is 12.2. The summed E-state index contributed by atoms with van der Waals surface area (Å²) in [5, 5.41) is 12.1. The molecule has 2 fully saturated rings. The van der Waals surface area contributed by atoms with Crippen molar-refractivity contribution in [2.24, 2.45) is 12.5 Å². The minimum absolute atomic E-state index is 0. The third-order valence-corrected chi connectivity index (χ3v) is 5.62. The Morgan fingerprint density at radius 2 is 2.19 bits per heavy atom. The Hall–Kier alpha value is -2.12. The van der Waals surface area contributed by atoms with Gasteiger partial charge in [-0.25, -0.2) is 9.50 Å². The van der Waals surface area contributed by atoms with Crippen molar-refractivity contribution < 1.29 is 4.74 Å². The zero-order valence-electron chi connectivity index (χ0n) is 14.8. The van der Waals surface area contributed by atoms with Gasteiger partial charge < -0.3 is 10.1 Å². The molecule has 0 amide bonds. The highest BCUT2D eigenvalue weighted by atomic mass is 35.5. The van der Waals surface area contributed by atoms with E-state index in [9.17, 15) is 0 Å². The summed E-state index contributed by atoms with van der Waals surface area (Å²) in [6.45, 7) is 2.26. The molecule has 4 heterocycles. The van der Waals surface area contributed by atoms with Gasteiger partial charge in [0.1, 0.15) is 11.6 Å². The normalized spacial score (nSPS) is 25.0. The number of hydrogen-bond acceptors (Lipinski definition) is 5. The number of nitrogens with one attached hydrogen (secondary N) is 1. The maximum atomic E-state index is 6.38. The van der Waals surface area contributed by atoms with Crippen molar-refractivity contribution in [1.29, 1.82) is 0 Å². The molecular formula is C18H23ClN6O. The molecule has 1 saturated carbocycles. The van der Waals surface area contributed by atoms with Crippen LogP contribution in [0.5, 0.6) is 5.88 Å². The van der Waals surface area contributed by atoms with Crippen LogP contribution in [0.25, 0.3) is 16.8 Å². The Kier molecular flexibility index (Phi) is 4.36. The fraction of sp³-hybridized carbons (Fsp3) is 0.500. The molecule has 0 aromatic carbocycles. The molecule has 26 heavy (non-hydrogen) atoms. The average Bonchev–Trinajstić information content (AvgIpc) is 3.37. The van der Waals surface area contributed by atoms with Crippen LogP contribution in [0.1, 0.15) is 25.7 Å². The summed E-state index contributed by atoms with van der Waals surface area (Å²) in [5.41, 5.74) is 3.14. The van der Waals surface area contributed by atoms with E-state index in [1.165, 1.54) is 12.8 Å². The molecule has 8 heteroatoms. The Morgan fingerprint density at radius 1 is 1.27 bits per heavy atom. The Bertz CT molecular complexity index is 913. The summed E-state index contributed by atoms with van der Waals surface area (Å²) in [5.74, 6) is 0.673. The second kappa shape index (κ2) is 6.55. The molecule has 0 radical (unpaired) electrons. The maximum Gasteiger partial charge on any atom is 0.240 e. The highest BCUT2D eigenvalue weighted by molar-refractivity contribution is 5.85. The second-order valence-electron chi connectivity index (χ2n) is 7.40. The first-order valence-electron chi connectivity index (χ1n) is 8.92. The molecule has 1 N–H and O–H groups in total. The Morgan fingerprint density at radius 3 is 2.96 bits per heavy atom. The van der Waals surface area contributed by atoms with Crippen molar-refractivity contribution in [2.75, 3.05) is 13.1 Å². The predicted molar refractivity (Wildman–Crippen MR) is 101 cm³/mol. The van der Waals surface area contributed by atoms with Gasteiger partial charge in [0.25, 0.3) is 0 Å². The van der Waals surface area contributed by atoms with E-state index in [4.69, 9.17) is 9.72 Å². The van der Waals surface area contributed by atoms with Crippen molar-refractivity contribution in [1.82, 2.24) is 29.7 Å². The Labute approximate surface area is 158 Å². The van der Waals surface area contributed by atoms with E-state index in [0.29, 0.717) is 11.3 Å². The fourth-order valence-electron chi connectivity index (χ4n) is 4.27. The van der Waals surface area contributed by atoms with Crippen LogP contribution < -0.4 is 10.1 Å². The first-order valence-corrected chi connectivity index (χ1v) is 8.92. The van der Waals surface area contributed by atoms with Crippen molar-refractivity contribution >= 4 is 17.9 Å². The zero-order chi connectivity index (χ0) is 16.9. The molecule has 3 aromatic heterocycles.